The van der Waals surface area contributed by atoms with Crippen LogP contribution in [0.5, 0.6) is 5.75 Å². The molecule has 0 aliphatic carbocycles. The van der Waals surface area contributed by atoms with Crippen molar-refractivity contribution in [3.05, 3.63) is 94.5 Å². The minimum atomic E-state index is -0.592. The number of amides is 1. The van der Waals surface area contributed by atoms with Crippen LogP contribution in [0.3, 0.4) is 0 Å². The van der Waals surface area contributed by atoms with E-state index in [4.69, 9.17) is 16.3 Å². The molecule has 2 atom stereocenters. The lowest BCUT2D eigenvalue weighted by atomic mass is 10.1. The Hall–Kier alpha value is -3.20. The first-order valence-electron chi connectivity index (χ1n) is 13.2. The molecule has 2 aliphatic rings. The van der Waals surface area contributed by atoms with Crippen molar-refractivity contribution in [1.82, 2.24) is 15.1 Å². The van der Waals surface area contributed by atoms with Gasteiger partial charge in [-0.3, -0.25) is 9.69 Å². The van der Waals surface area contributed by atoms with E-state index < -0.39 is 11.6 Å². The number of likely N-dealkylation sites (tertiary alicyclic amines) is 1. The molecule has 2 fully saturated rings. The molecule has 0 unspecified atom stereocenters. The summed E-state index contributed by atoms with van der Waals surface area (Å²) in [6.45, 7) is 4.15. The molecule has 2 aliphatic heterocycles. The van der Waals surface area contributed by atoms with Crippen molar-refractivity contribution in [2.45, 2.75) is 31.6 Å². The molecule has 0 saturated carbocycles. The van der Waals surface area contributed by atoms with Gasteiger partial charge in [0.1, 0.15) is 17.4 Å². The Labute approximate surface area is 233 Å². The summed E-state index contributed by atoms with van der Waals surface area (Å²) in [5.41, 5.74) is 2.48. The zero-order chi connectivity index (χ0) is 27.4. The first-order chi connectivity index (χ1) is 18.9. The van der Waals surface area contributed by atoms with Crippen LogP contribution in [-0.2, 0) is 17.9 Å². The molecule has 5 rings (SSSR count). The largest absolute Gasteiger partial charge is 0.495 e. The molecule has 2 heterocycles. The predicted octanol–water partition coefficient (Wildman–Crippen LogP) is 4.71. The number of methoxy groups -OCH3 is 1. The van der Waals surface area contributed by atoms with Gasteiger partial charge in [-0.05, 0) is 36.2 Å². The number of ether oxygens (including phenoxy) is 1. The molecule has 0 aromatic heterocycles. The number of halogens is 3. The Morgan fingerprint density at radius 1 is 1.03 bits per heavy atom. The Kier molecular flexibility index (Phi) is 8.65. The number of hydrogen-bond acceptors (Lipinski definition) is 5. The van der Waals surface area contributed by atoms with Crippen LogP contribution in [0.4, 0.5) is 14.5 Å². The van der Waals surface area contributed by atoms with Crippen molar-refractivity contribution in [1.29, 1.82) is 0 Å². The van der Waals surface area contributed by atoms with Crippen molar-refractivity contribution < 1.29 is 18.3 Å². The van der Waals surface area contributed by atoms with Crippen LogP contribution in [0, 0.1) is 11.6 Å². The van der Waals surface area contributed by atoms with E-state index in [1.807, 2.05) is 35.2 Å². The van der Waals surface area contributed by atoms with Gasteiger partial charge in [0.2, 0.25) is 5.91 Å². The molecule has 39 heavy (non-hydrogen) atoms. The summed E-state index contributed by atoms with van der Waals surface area (Å²) in [4.78, 5) is 20.2. The van der Waals surface area contributed by atoms with E-state index in [0.717, 1.165) is 23.1 Å². The third kappa shape index (κ3) is 6.52. The highest BCUT2D eigenvalue weighted by molar-refractivity contribution is 6.30. The number of nitrogens with zero attached hydrogens (tertiary/aromatic N) is 3. The first-order valence-corrected chi connectivity index (χ1v) is 13.6. The summed E-state index contributed by atoms with van der Waals surface area (Å²) in [6.07, 6.45) is 0.622. The highest BCUT2D eigenvalue weighted by atomic mass is 35.5. The summed E-state index contributed by atoms with van der Waals surface area (Å²) in [6, 6.07) is 19.0. The highest BCUT2D eigenvalue weighted by Crippen LogP contribution is 2.32. The summed E-state index contributed by atoms with van der Waals surface area (Å²) in [5, 5.41) is 4.04. The van der Waals surface area contributed by atoms with E-state index in [1.54, 1.807) is 13.2 Å². The molecule has 3 aromatic carbocycles. The standard InChI is InChI=1S/C30H33ClF2N4O2/c1-39-29-10-8-23(31)15-27(29)35-11-13-36(14-12-35)30(38)28-17-25(20-37(28)19-21-5-3-2-4-6-21)34-18-22-7-9-24(32)16-26(22)33/h2-10,15-16,25,28,34H,11-14,17-20H2,1H3/t25-,28-/m0/s1. The van der Waals surface area contributed by atoms with Gasteiger partial charge in [-0.2, -0.15) is 0 Å². The highest BCUT2D eigenvalue weighted by Gasteiger charge is 2.39. The van der Waals surface area contributed by atoms with Gasteiger partial charge in [0.05, 0.1) is 18.8 Å². The van der Waals surface area contributed by atoms with Crippen LogP contribution < -0.4 is 15.0 Å². The second-order valence-electron chi connectivity index (χ2n) is 10.1. The van der Waals surface area contributed by atoms with Gasteiger partial charge in [-0.25, -0.2) is 8.78 Å². The van der Waals surface area contributed by atoms with Gasteiger partial charge in [-0.15, -0.1) is 0 Å². The average Bonchev–Trinajstić information content (AvgIpc) is 3.35. The number of carbonyl (C=O) groups excluding carboxylic acids is 1. The van der Waals surface area contributed by atoms with E-state index in [1.165, 1.54) is 12.1 Å². The number of anilines is 1. The monoisotopic (exact) mass is 554 g/mol. The average molecular weight is 555 g/mol. The fourth-order valence-corrected chi connectivity index (χ4v) is 5.68. The van der Waals surface area contributed by atoms with E-state index >= 15 is 0 Å². The number of piperazine rings is 1. The molecule has 0 radical (unpaired) electrons. The summed E-state index contributed by atoms with van der Waals surface area (Å²) < 4.78 is 33.0. The summed E-state index contributed by atoms with van der Waals surface area (Å²) >= 11 is 6.24. The molecular weight excluding hydrogens is 522 g/mol. The smallest absolute Gasteiger partial charge is 0.240 e. The second-order valence-corrected chi connectivity index (χ2v) is 10.5. The van der Waals surface area contributed by atoms with Gasteiger partial charge in [0, 0.05) is 68.5 Å². The Bertz CT molecular complexity index is 1290. The molecule has 3 aromatic rings. The third-order valence-electron chi connectivity index (χ3n) is 7.59. The Morgan fingerprint density at radius 2 is 1.79 bits per heavy atom. The lowest BCUT2D eigenvalue weighted by Gasteiger charge is -2.38. The quantitative estimate of drug-likeness (QED) is 0.437. The van der Waals surface area contributed by atoms with Crippen molar-refractivity contribution >= 4 is 23.2 Å². The topological polar surface area (TPSA) is 48.1 Å². The molecule has 0 spiro atoms. The first kappa shape index (κ1) is 27.4. The molecule has 2 saturated heterocycles. The van der Waals surface area contributed by atoms with Crippen molar-refractivity contribution in [2.24, 2.45) is 0 Å². The molecule has 206 valence electrons. The summed E-state index contributed by atoms with van der Waals surface area (Å²) in [7, 11) is 1.64. The van der Waals surface area contributed by atoms with Crippen LogP contribution in [0.25, 0.3) is 0 Å². The fraction of sp³-hybridized carbons (Fsp3) is 0.367. The fourth-order valence-electron chi connectivity index (χ4n) is 5.51. The number of carbonyl (C=O) groups is 1. The van der Waals surface area contributed by atoms with Gasteiger partial charge in [-0.1, -0.05) is 48.0 Å². The zero-order valence-corrected chi connectivity index (χ0v) is 22.7. The summed E-state index contributed by atoms with van der Waals surface area (Å²) in [5.74, 6) is -0.286. The Morgan fingerprint density at radius 3 is 2.51 bits per heavy atom. The van der Waals surface area contributed by atoms with Gasteiger partial charge in [0.25, 0.3) is 0 Å². The lowest BCUT2D eigenvalue weighted by Crippen LogP contribution is -2.53. The number of rotatable bonds is 8. The molecular formula is C30H33ClF2N4O2. The maximum absolute atomic E-state index is 14.2. The molecule has 6 nitrogen and oxygen atoms in total. The molecule has 1 amide bonds. The van der Waals surface area contributed by atoms with Gasteiger partial charge in [0.15, 0.2) is 0 Å². The van der Waals surface area contributed by atoms with E-state index in [-0.39, 0.29) is 24.5 Å². The molecule has 9 heteroatoms. The van der Waals surface area contributed by atoms with Crippen LogP contribution in [0.2, 0.25) is 5.02 Å². The number of nitrogens with one attached hydrogen (secondary N) is 1. The van der Waals surface area contributed by atoms with E-state index in [9.17, 15) is 13.6 Å². The van der Waals surface area contributed by atoms with Gasteiger partial charge >= 0.3 is 0 Å². The molecule has 0 bridgehead atoms. The van der Waals surface area contributed by atoms with Gasteiger partial charge < -0.3 is 19.9 Å². The zero-order valence-electron chi connectivity index (χ0n) is 22.0. The number of hydrogen-bond donors (Lipinski definition) is 1. The van der Waals surface area contributed by atoms with Crippen molar-refractivity contribution in [3.8, 4) is 5.75 Å². The second kappa shape index (κ2) is 12.3. The van der Waals surface area contributed by atoms with Crippen molar-refractivity contribution in [2.75, 3.05) is 44.7 Å². The molecule has 1 N–H and O–H groups in total. The maximum Gasteiger partial charge on any atom is 0.240 e. The van der Waals surface area contributed by atoms with Crippen LogP contribution in [-0.4, -0.2) is 67.6 Å². The van der Waals surface area contributed by atoms with Crippen LogP contribution in [0.1, 0.15) is 17.5 Å². The predicted molar refractivity (Wildman–Crippen MR) is 149 cm³/mol. The normalized spacial score (nSPS) is 19.9. The minimum Gasteiger partial charge on any atom is -0.495 e. The lowest BCUT2D eigenvalue weighted by molar-refractivity contribution is -0.136. The number of benzene rings is 3. The van der Waals surface area contributed by atoms with Crippen molar-refractivity contribution in [3.63, 3.8) is 0 Å². The Balaban J connectivity index is 1.25. The SMILES string of the molecule is COc1ccc(Cl)cc1N1CCN(C(=O)[C@@H]2C[C@H](NCc3ccc(F)cc3F)CN2Cc2ccccc2)CC1. The van der Waals surface area contributed by atoms with Crippen LogP contribution >= 0.6 is 11.6 Å². The third-order valence-corrected chi connectivity index (χ3v) is 7.82. The minimum absolute atomic E-state index is 0.00382. The van der Waals surface area contributed by atoms with Crippen LogP contribution in [0.15, 0.2) is 66.7 Å². The van der Waals surface area contributed by atoms with E-state index in [2.05, 4.69) is 27.2 Å². The maximum atomic E-state index is 14.2. The van der Waals surface area contributed by atoms with E-state index in [0.29, 0.717) is 56.3 Å².